The molecule has 0 saturated heterocycles. The van der Waals surface area contributed by atoms with Crippen molar-refractivity contribution < 1.29 is 19.4 Å². The maximum atomic E-state index is 11.6. The Kier molecular flexibility index (Phi) is 3.24. The second kappa shape index (κ2) is 3.48. The number of rotatable bonds is 4. The van der Waals surface area contributed by atoms with Crippen LogP contribution < -0.4 is 5.73 Å². The molecule has 60 valence electrons. The Morgan fingerprint density at radius 1 is 1.70 bits per heavy atom. The molecule has 0 rings (SSSR count). The average Bonchev–Trinajstić information content (AvgIpc) is 1.88. The molecule has 0 saturated carbocycles. The van der Waals surface area contributed by atoms with Crippen molar-refractivity contribution in [1.29, 1.82) is 0 Å². The van der Waals surface area contributed by atoms with E-state index >= 15 is 0 Å². The van der Waals surface area contributed by atoms with Crippen LogP contribution in [0, 0.1) is 0 Å². The summed E-state index contributed by atoms with van der Waals surface area (Å²) >= 11 is 0. The molecule has 0 spiro atoms. The van der Waals surface area contributed by atoms with E-state index in [-0.39, 0.29) is 6.42 Å². The molecule has 0 radical (unpaired) electrons. The summed E-state index contributed by atoms with van der Waals surface area (Å²) in [4.78, 5) is 10.2. The van der Waals surface area contributed by atoms with Gasteiger partial charge in [-0.25, -0.2) is 0 Å². The molecule has 0 fully saturated rings. The number of carbonyl (C=O) groups is 1. The summed E-state index contributed by atoms with van der Waals surface area (Å²) in [5, 5.41) is 16.7. The summed E-state index contributed by atoms with van der Waals surface area (Å²) in [6, 6.07) is 0. The van der Waals surface area contributed by atoms with Crippen LogP contribution in [0.4, 0.5) is 4.39 Å². The van der Waals surface area contributed by atoms with E-state index in [2.05, 4.69) is 0 Å². The first kappa shape index (κ1) is 9.32. The van der Waals surface area contributed by atoms with Crippen molar-refractivity contribution >= 4 is 5.97 Å². The normalized spacial score (nSPS) is 16.3. The van der Waals surface area contributed by atoms with Gasteiger partial charge in [0.1, 0.15) is 5.54 Å². The highest BCUT2D eigenvalue weighted by Gasteiger charge is 2.32. The largest absolute Gasteiger partial charge is 0.480 e. The van der Waals surface area contributed by atoms with Crippen LogP contribution in [0.15, 0.2) is 0 Å². The lowest BCUT2D eigenvalue weighted by Crippen LogP contribution is -2.51. The fourth-order valence-corrected chi connectivity index (χ4v) is 0.422. The number of nitrogens with two attached hydrogens (primary N) is 1. The Balaban J connectivity index is 4.08. The Morgan fingerprint density at radius 2 is 2.20 bits per heavy atom. The van der Waals surface area contributed by atoms with Gasteiger partial charge in [0.2, 0.25) is 0 Å². The Hall–Kier alpha value is -0.680. The van der Waals surface area contributed by atoms with Gasteiger partial charge in [-0.15, -0.1) is 0 Å². The first-order chi connectivity index (χ1) is 4.56. The molecule has 4 nitrogen and oxygen atoms in total. The van der Waals surface area contributed by atoms with Crippen LogP contribution in [0.25, 0.3) is 0 Å². The van der Waals surface area contributed by atoms with Crippen LogP contribution in [0.2, 0.25) is 0 Å². The Morgan fingerprint density at radius 3 is 2.30 bits per heavy atom. The number of aliphatic carboxylic acids is 1. The Bertz CT molecular complexity index is 130. The molecule has 0 amide bonds. The van der Waals surface area contributed by atoms with Crippen molar-refractivity contribution in [3.63, 3.8) is 0 Å². The molecule has 0 aliphatic heterocycles. The zero-order valence-corrected chi connectivity index (χ0v) is 5.38. The van der Waals surface area contributed by atoms with Crippen molar-refractivity contribution in [3.8, 4) is 0 Å². The predicted molar refractivity (Wildman–Crippen MR) is 32.2 cm³/mol. The summed E-state index contributed by atoms with van der Waals surface area (Å²) < 4.78 is 11.6. The zero-order chi connectivity index (χ0) is 8.20. The molecule has 0 aliphatic carbocycles. The monoisotopic (exact) mass is 151 g/mol. The van der Waals surface area contributed by atoms with Crippen molar-refractivity contribution in [2.24, 2.45) is 5.73 Å². The van der Waals surface area contributed by atoms with E-state index in [9.17, 15) is 9.18 Å². The first-order valence-electron chi connectivity index (χ1n) is 2.76. The summed E-state index contributed by atoms with van der Waals surface area (Å²) in [6.45, 7) is -1.59. The number of carboxylic acid groups (broad SMARTS) is 1. The number of hydrogen-bond donors (Lipinski definition) is 3. The summed E-state index contributed by atoms with van der Waals surface area (Å²) in [5.74, 6) is -1.38. The van der Waals surface area contributed by atoms with Gasteiger partial charge in [0.05, 0.1) is 13.3 Å². The minimum atomic E-state index is -1.81. The lowest BCUT2D eigenvalue weighted by atomic mass is 9.99. The number of aliphatic hydroxyl groups excluding tert-OH is 1. The Labute approximate surface area is 57.5 Å². The standard InChI is InChI=1S/C5H10FNO3/c6-2-1-5(7,3-8)4(9)10/h8H,1-3,7H2,(H,9,10)/t5-/m0/s1. The summed E-state index contributed by atoms with van der Waals surface area (Å²) in [6.07, 6.45) is -0.362. The predicted octanol–water partition coefficient (Wildman–Crippen LogP) is -0.880. The molecule has 0 heterocycles. The first-order valence-corrected chi connectivity index (χ1v) is 2.76. The van der Waals surface area contributed by atoms with Crippen molar-refractivity contribution in [1.82, 2.24) is 0 Å². The minimum Gasteiger partial charge on any atom is -0.480 e. The molecule has 0 aromatic rings. The molecule has 1 atom stereocenters. The maximum Gasteiger partial charge on any atom is 0.326 e. The third-order valence-corrected chi connectivity index (χ3v) is 1.25. The molecule has 0 aromatic heterocycles. The van der Waals surface area contributed by atoms with E-state index in [1.165, 1.54) is 0 Å². The lowest BCUT2D eigenvalue weighted by molar-refractivity contribution is -0.145. The average molecular weight is 151 g/mol. The van der Waals surface area contributed by atoms with E-state index in [4.69, 9.17) is 15.9 Å². The third kappa shape index (κ3) is 1.93. The van der Waals surface area contributed by atoms with E-state index < -0.39 is 24.8 Å². The molecule has 0 unspecified atom stereocenters. The highest BCUT2D eigenvalue weighted by molar-refractivity contribution is 5.78. The van der Waals surface area contributed by atoms with Gasteiger partial charge in [0.25, 0.3) is 0 Å². The van der Waals surface area contributed by atoms with E-state index in [1.807, 2.05) is 0 Å². The van der Waals surface area contributed by atoms with Gasteiger partial charge in [-0.2, -0.15) is 0 Å². The molecule has 0 aromatic carbocycles. The van der Waals surface area contributed by atoms with Crippen LogP contribution in [0.3, 0.4) is 0 Å². The number of carboxylic acids is 1. The SMILES string of the molecule is N[C@](CO)(CCF)C(=O)O. The smallest absolute Gasteiger partial charge is 0.326 e. The number of aliphatic hydroxyl groups is 1. The quantitative estimate of drug-likeness (QED) is 0.487. The molecular formula is C5H10FNO3. The van der Waals surface area contributed by atoms with Gasteiger partial charge in [-0.3, -0.25) is 9.18 Å². The number of hydrogen-bond acceptors (Lipinski definition) is 3. The molecule has 0 aliphatic rings. The van der Waals surface area contributed by atoms with Crippen LogP contribution in [0.1, 0.15) is 6.42 Å². The van der Waals surface area contributed by atoms with Crippen LogP contribution >= 0.6 is 0 Å². The van der Waals surface area contributed by atoms with Crippen molar-refractivity contribution in [3.05, 3.63) is 0 Å². The topological polar surface area (TPSA) is 83.5 Å². The van der Waals surface area contributed by atoms with Crippen LogP contribution in [0.5, 0.6) is 0 Å². The van der Waals surface area contributed by atoms with Gasteiger partial charge in [-0.1, -0.05) is 0 Å². The maximum absolute atomic E-state index is 11.6. The highest BCUT2D eigenvalue weighted by atomic mass is 19.1. The van der Waals surface area contributed by atoms with Crippen LogP contribution in [-0.4, -0.2) is 35.0 Å². The summed E-state index contributed by atoms with van der Waals surface area (Å²) in [7, 11) is 0. The minimum absolute atomic E-state index is 0.362. The molecule has 10 heavy (non-hydrogen) atoms. The van der Waals surface area contributed by atoms with Gasteiger partial charge >= 0.3 is 5.97 Å². The number of alkyl halides is 1. The zero-order valence-electron chi connectivity index (χ0n) is 5.38. The molecule has 0 bridgehead atoms. The van der Waals surface area contributed by atoms with Crippen molar-refractivity contribution in [2.75, 3.05) is 13.3 Å². The van der Waals surface area contributed by atoms with E-state index in [0.717, 1.165) is 0 Å². The van der Waals surface area contributed by atoms with Gasteiger partial charge in [-0.05, 0) is 0 Å². The van der Waals surface area contributed by atoms with E-state index in [1.54, 1.807) is 0 Å². The third-order valence-electron chi connectivity index (χ3n) is 1.25. The highest BCUT2D eigenvalue weighted by Crippen LogP contribution is 2.05. The fraction of sp³-hybridized carbons (Fsp3) is 0.800. The lowest BCUT2D eigenvalue weighted by Gasteiger charge is -2.19. The van der Waals surface area contributed by atoms with E-state index in [0.29, 0.717) is 0 Å². The second-order valence-electron chi connectivity index (χ2n) is 2.06. The fourth-order valence-electron chi connectivity index (χ4n) is 0.422. The second-order valence-corrected chi connectivity index (χ2v) is 2.06. The number of halogens is 1. The van der Waals surface area contributed by atoms with Crippen molar-refractivity contribution in [2.45, 2.75) is 12.0 Å². The molecule has 5 heteroatoms. The van der Waals surface area contributed by atoms with Gasteiger partial charge < -0.3 is 15.9 Å². The summed E-state index contributed by atoms with van der Waals surface area (Å²) in [5.41, 5.74) is 3.25. The molecular weight excluding hydrogens is 141 g/mol. The van der Waals surface area contributed by atoms with Gasteiger partial charge in [0.15, 0.2) is 0 Å². The van der Waals surface area contributed by atoms with Gasteiger partial charge in [0, 0.05) is 6.42 Å². The molecule has 4 N–H and O–H groups in total. The van der Waals surface area contributed by atoms with Crippen LogP contribution in [-0.2, 0) is 4.79 Å².